The molecule has 26 heavy (non-hydrogen) atoms. The zero-order chi connectivity index (χ0) is 18.0. The Morgan fingerprint density at radius 3 is 2.31 bits per heavy atom. The molecule has 1 spiro atoms. The second-order valence-corrected chi connectivity index (χ2v) is 9.09. The predicted octanol–water partition coefficient (Wildman–Crippen LogP) is 3.68. The molecule has 4 fully saturated rings. The van der Waals surface area contributed by atoms with Gasteiger partial charge in [-0.1, -0.05) is 32.1 Å². The Morgan fingerprint density at radius 2 is 1.54 bits per heavy atom. The summed E-state index contributed by atoms with van der Waals surface area (Å²) >= 11 is 0. The molecule has 3 amide bonds. The summed E-state index contributed by atoms with van der Waals surface area (Å²) in [5.41, 5.74) is 0.156. The summed E-state index contributed by atoms with van der Waals surface area (Å²) in [5.74, 6) is 0.345. The van der Waals surface area contributed by atoms with Crippen molar-refractivity contribution < 1.29 is 9.59 Å². The van der Waals surface area contributed by atoms with Crippen molar-refractivity contribution in [3.63, 3.8) is 0 Å². The van der Waals surface area contributed by atoms with E-state index in [-0.39, 0.29) is 17.5 Å². The van der Waals surface area contributed by atoms with Gasteiger partial charge in [0.25, 0.3) is 0 Å². The van der Waals surface area contributed by atoms with Gasteiger partial charge in [0.1, 0.15) is 0 Å². The number of urea groups is 1. The first-order valence-corrected chi connectivity index (χ1v) is 11.0. The van der Waals surface area contributed by atoms with Crippen molar-refractivity contribution >= 4 is 11.9 Å². The Balaban J connectivity index is 1.37. The molecule has 2 saturated carbocycles. The lowest BCUT2D eigenvalue weighted by atomic mass is 9.79. The molecule has 146 valence electrons. The van der Waals surface area contributed by atoms with E-state index in [1.165, 1.54) is 51.4 Å². The van der Waals surface area contributed by atoms with E-state index in [0.717, 1.165) is 45.2 Å². The third-order valence-corrected chi connectivity index (χ3v) is 7.39. The van der Waals surface area contributed by atoms with E-state index < -0.39 is 0 Å². The van der Waals surface area contributed by atoms with Crippen LogP contribution in [0.5, 0.6) is 0 Å². The minimum absolute atomic E-state index is 0.00924. The predicted molar refractivity (Wildman–Crippen MR) is 102 cm³/mol. The Morgan fingerprint density at radius 1 is 0.808 bits per heavy atom. The van der Waals surface area contributed by atoms with Crippen LogP contribution < -0.4 is 5.32 Å². The van der Waals surface area contributed by atoms with Gasteiger partial charge in [-0.25, -0.2) is 4.79 Å². The zero-order valence-corrected chi connectivity index (χ0v) is 16.2. The third-order valence-electron chi connectivity index (χ3n) is 7.39. The zero-order valence-electron chi connectivity index (χ0n) is 16.2. The highest BCUT2D eigenvalue weighted by molar-refractivity contribution is 5.82. The largest absolute Gasteiger partial charge is 0.337 e. The molecule has 2 saturated heterocycles. The van der Waals surface area contributed by atoms with Crippen LogP contribution >= 0.6 is 0 Å². The fraction of sp³-hybridized carbons (Fsp3) is 0.905. The molecule has 2 aliphatic carbocycles. The molecule has 0 radical (unpaired) electrons. The lowest BCUT2D eigenvalue weighted by Crippen LogP contribution is -2.55. The van der Waals surface area contributed by atoms with Gasteiger partial charge in [-0.3, -0.25) is 4.79 Å². The first kappa shape index (κ1) is 18.1. The third kappa shape index (κ3) is 3.59. The minimum atomic E-state index is 0.00924. The Bertz CT molecular complexity index is 523. The summed E-state index contributed by atoms with van der Waals surface area (Å²) in [6, 6.07) is 0.408. The van der Waals surface area contributed by atoms with Crippen molar-refractivity contribution in [2.45, 2.75) is 95.1 Å². The highest BCUT2D eigenvalue weighted by Crippen LogP contribution is 2.42. The molecule has 5 heteroatoms. The highest BCUT2D eigenvalue weighted by atomic mass is 16.2. The molecule has 0 aromatic heterocycles. The van der Waals surface area contributed by atoms with Crippen LogP contribution in [0.15, 0.2) is 0 Å². The number of piperidine rings is 1. The standard InChI is InChI=1S/C21H35N3O2/c25-19(24-15-7-13-21(24)11-4-1-5-12-21)17-8-6-14-23(16-17)20(26)22-18-9-2-3-10-18/h17-18H,1-16H2,(H,22,26). The summed E-state index contributed by atoms with van der Waals surface area (Å²) in [7, 11) is 0. The van der Waals surface area contributed by atoms with Gasteiger partial charge in [-0.05, 0) is 51.4 Å². The molecule has 4 aliphatic rings. The van der Waals surface area contributed by atoms with Gasteiger partial charge >= 0.3 is 6.03 Å². The summed E-state index contributed by atoms with van der Waals surface area (Å²) in [6.07, 6.45) is 15.2. The molecule has 1 atom stereocenters. The molecule has 0 bridgehead atoms. The molecule has 2 heterocycles. The first-order valence-electron chi connectivity index (χ1n) is 11.0. The van der Waals surface area contributed by atoms with Gasteiger partial charge in [0.05, 0.1) is 5.92 Å². The van der Waals surface area contributed by atoms with Gasteiger partial charge in [0.2, 0.25) is 5.91 Å². The molecular weight excluding hydrogens is 326 g/mol. The fourth-order valence-electron chi connectivity index (χ4n) is 5.93. The van der Waals surface area contributed by atoms with Crippen molar-refractivity contribution in [1.82, 2.24) is 15.1 Å². The lowest BCUT2D eigenvalue weighted by molar-refractivity contribution is -0.142. The van der Waals surface area contributed by atoms with Crippen molar-refractivity contribution in [1.29, 1.82) is 0 Å². The Kier molecular flexibility index (Phi) is 5.42. The number of nitrogens with zero attached hydrogens (tertiary/aromatic N) is 2. The second-order valence-electron chi connectivity index (χ2n) is 9.09. The van der Waals surface area contributed by atoms with E-state index in [2.05, 4.69) is 10.2 Å². The van der Waals surface area contributed by atoms with E-state index in [1.54, 1.807) is 0 Å². The van der Waals surface area contributed by atoms with E-state index in [4.69, 9.17) is 0 Å². The Labute approximate surface area is 157 Å². The van der Waals surface area contributed by atoms with E-state index in [1.807, 2.05) is 4.90 Å². The summed E-state index contributed by atoms with van der Waals surface area (Å²) < 4.78 is 0. The van der Waals surface area contributed by atoms with E-state index in [0.29, 0.717) is 18.5 Å². The lowest BCUT2D eigenvalue weighted by Gasteiger charge is -2.44. The van der Waals surface area contributed by atoms with E-state index in [9.17, 15) is 9.59 Å². The molecular formula is C21H35N3O2. The van der Waals surface area contributed by atoms with Crippen molar-refractivity contribution in [3.05, 3.63) is 0 Å². The average Bonchev–Trinajstić information content (AvgIpc) is 3.32. The summed E-state index contributed by atoms with van der Waals surface area (Å²) in [4.78, 5) is 30.1. The number of likely N-dealkylation sites (tertiary alicyclic amines) is 2. The number of hydrogen-bond acceptors (Lipinski definition) is 2. The monoisotopic (exact) mass is 361 g/mol. The maximum Gasteiger partial charge on any atom is 0.317 e. The van der Waals surface area contributed by atoms with Gasteiger partial charge in [-0.2, -0.15) is 0 Å². The molecule has 0 aromatic carbocycles. The van der Waals surface area contributed by atoms with Gasteiger partial charge in [-0.15, -0.1) is 0 Å². The number of rotatable bonds is 2. The van der Waals surface area contributed by atoms with Crippen LogP contribution in [0.25, 0.3) is 0 Å². The second kappa shape index (κ2) is 7.77. The van der Waals surface area contributed by atoms with Crippen LogP contribution in [-0.2, 0) is 4.79 Å². The number of nitrogens with one attached hydrogen (secondary N) is 1. The van der Waals surface area contributed by atoms with Crippen LogP contribution in [0.4, 0.5) is 4.79 Å². The Hall–Kier alpha value is -1.26. The van der Waals surface area contributed by atoms with Crippen molar-refractivity contribution in [2.24, 2.45) is 5.92 Å². The van der Waals surface area contributed by atoms with E-state index >= 15 is 0 Å². The quantitative estimate of drug-likeness (QED) is 0.816. The van der Waals surface area contributed by atoms with Gasteiger partial charge < -0.3 is 15.1 Å². The maximum atomic E-state index is 13.4. The number of hydrogen-bond donors (Lipinski definition) is 1. The van der Waals surface area contributed by atoms with Crippen LogP contribution in [0, 0.1) is 5.92 Å². The SMILES string of the molecule is O=C(NC1CCCC1)N1CCCC(C(=O)N2CCCC23CCCCC3)C1. The number of carbonyl (C=O) groups is 2. The number of carbonyl (C=O) groups excluding carboxylic acids is 2. The topological polar surface area (TPSA) is 52.7 Å². The van der Waals surface area contributed by atoms with Crippen LogP contribution in [-0.4, -0.2) is 53.0 Å². The van der Waals surface area contributed by atoms with Crippen LogP contribution in [0.2, 0.25) is 0 Å². The summed E-state index contributed by atoms with van der Waals surface area (Å²) in [5, 5.41) is 3.20. The van der Waals surface area contributed by atoms with Crippen molar-refractivity contribution in [2.75, 3.05) is 19.6 Å². The molecule has 5 nitrogen and oxygen atoms in total. The fourth-order valence-corrected chi connectivity index (χ4v) is 5.93. The van der Waals surface area contributed by atoms with Crippen LogP contribution in [0.1, 0.15) is 83.5 Å². The maximum absolute atomic E-state index is 13.4. The number of amides is 3. The molecule has 0 aromatic rings. The van der Waals surface area contributed by atoms with Gasteiger partial charge in [0.15, 0.2) is 0 Å². The molecule has 4 rings (SSSR count). The normalized spacial score (nSPS) is 29.3. The van der Waals surface area contributed by atoms with Crippen molar-refractivity contribution in [3.8, 4) is 0 Å². The average molecular weight is 362 g/mol. The molecule has 1 N–H and O–H groups in total. The molecule has 2 aliphatic heterocycles. The first-order chi connectivity index (χ1) is 12.7. The highest BCUT2D eigenvalue weighted by Gasteiger charge is 2.46. The van der Waals surface area contributed by atoms with Gasteiger partial charge in [0, 0.05) is 31.2 Å². The minimum Gasteiger partial charge on any atom is -0.337 e. The molecule has 1 unspecified atom stereocenters. The summed E-state index contributed by atoms with van der Waals surface area (Å²) in [6.45, 7) is 2.35. The van der Waals surface area contributed by atoms with Crippen LogP contribution in [0.3, 0.4) is 0 Å². The smallest absolute Gasteiger partial charge is 0.317 e.